The summed E-state index contributed by atoms with van der Waals surface area (Å²) in [5, 5.41) is 19.5. The summed E-state index contributed by atoms with van der Waals surface area (Å²) in [5.41, 5.74) is 0. The number of aliphatic hydroxyl groups is 1. The Morgan fingerprint density at radius 2 is 2.21 bits per heavy atom. The molecular formula is C14H25N3O2. The summed E-state index contributed by atoms with van der Waals surface area (Å²) in [4.78, 5) is 5.91. The molecule has 1 aliphatic heterocycles. The molecule has 5 heteroatoms. The molecule has 0 aliphatic carbocycles. The number of hydrogen-bond acceptors (Lipinski definition) is 5. The maximum atomic E-state index is 10.4. The molecule has 108 valence electrons. The van der Waals surface area contributed by atoms with Crippen molar-refractivity contribution >= 4 is 6.72 Å². The van der Waals surface area contributed by atoms with Gasteiger partial charge in [0.25, 0.3) is 0 Å². The van der Waals surface area contributed by atoms with Gasteiger partial charge < -0.3 is 9.84 Å². The zero-order valence-corrected chi connectivity index (χ0v) is 12.1. The van der Waals surface area contributed by atoms with Gasteiger partial charge in [0.2, 0.25) is 0 Å². The standard InChI is InChI=1S/C14H25N3O2/c1-5-19-13-9-17(8-11(13)7-15)14(18)12(16-4)6-10(2)3/h10-14,18H,4-6,8-9H2,1-3H3. The first kappa shape index (κ1) is 16.1. The molecule has 1 rings (SSSR count). The zero-order chi connectivity index (χ0) is 14.4. The lowest BCUT2D eigenvalue weighted by molar-refractivity contribution is -0.0174. The molecule has 1 aliphatic rings. The van der Waals surface area contributed by atoms with Crippen molar-refractivity contribution in [3.8, 4) is 6.07 Å². The summed E-state index contributed by atoms with van der Waals surface area (Å²) in [5.74, 6) is 0.265. The van der Waals surface area contributed by atoms with Gasteiger partial charge >= 0.3 is 0 Å². The number of aliphatic hydroxyl groups excluding tert-OH is 1. The lowest BCUT2D eigenvalue weighted by atomic mass is 10.0. The number of ether oxygens (including phenoxy) is 1. The molecular weight excluding hydrogens is 242 g/mol. The van der Waals surface area contributed by atoms with Crippen molar-refractivity contribution in [1.82, 2.24) is 4.90 Å². The number of nitriles is 1. The van der Waals surface area contributed by atoms with Gasteiger partial charge in [0.1, 0.15) is 6.23 Å². The van der Waals surface area contributed by atoms with Crippen LogP contribution in [-0.4, -0.2) is 54.8 Å². The zero-order valence-electron chi connectivity index (χ0n) is 12.1. The smallest absolute Gasteiger partial charge is 0.130 e. The van der Waals surface area contributed by atoms with Gasteiger partial charge in [-0.25, -0.2) is 0 Å². The van der Waals surface area contributed by atoms with E-state index in [0.29, 0.717) is 25.6 Å². The summed E-state index contributed by atoms with van der Waals surface area (Å²) in [6.07, 6.45) is -0.00658. The third-order valence-corrected chi connectivity index (χ3v) is 3.51. The highest BCUT2D eigenvalue weighted by molar-refractivity contribution is 5.24. The van der Waals surface area contributed by atoms with Gasteiger partial charge in [0, 0.05) is 19.7 Å². The maximum absolute atomic E-state index is 10.4. The van der Waals surface area contributed by atoms with Crippen LogP contribution >= 0.6 is 0 Å². The average molecular weight is 267 g/mol. The van der Waals surface area contributed by atoms with Crippen molar-refractivity contribution in [2.75, 3.05) is 19.7 Å². The highest BCUT2D eigenvalue weighted by Crippen LogP contribution is 2.24. The molecule has 0 saturated carbocycles. The van der Waals surface area contributed by atoms with Crippen molar-refractivity contribution in [2.45, 2.75) is 45.6 Å². The van der Waals surface area contributed by atoms with E-state index in [4.69, 9.17) is 10.00 Å². The van der Waals surface area contributed by atoms with Crippen LogP contribution in [0, 0.1) is 23.2 Å². The monoisotopic (exact) mass is 267 g/mol. The van der Waals surface area contributed by atoms with Crippen LogP contribution in [0.3, 0.4) is 0 Å². The molecule has 1 heterocycles. The molecule has 0 amide bonds. The summed E-state index contributed by atoms with van der Waals surface area (Å²) in [6.45, 7) is 11.4. The summed E-state index contributed by atoms with van der Waals surface area (Å²) >= 11 is 0. The molecule has 0 spiro atoms. The van der Waals surface area contributed by atoms with Crippen LogP contribution in [0.25, 0.3) is 0 Å². The van der Waals surface area contributed by atoms with Crippen molar-refractivity contribution in [1.29, 1.82) is 5.26 Å². The Balaban J connectivity index is 2.65. The first-order valence-corrected chi connectivity index (χ1v) is 6.92. The minimum atomic E-state index is -0.679. The summed E-state index contributed by atoms with van der Waals surface area (Å²) < 4.78 is 5.56. The average Bonchev–Trinajstić information content (AvgIpc) is 2.78. The number of nitrogens with zero attached hydrogens (tertiary/aromatic N) is 3. The fourth-order valence-corrected chi connectivity index (χ4v) is 2.54. The van der Waals surface area contributed by atoms with Gasteiger partial charge in [-0.05, 0) is 26.0 Å². The largest absolute Gasteiger partial charge is 0.376 e. The quantitative estimate of drug-likeness (QED) is 0.706. The maximum Gasteiger partial charge on any atom is 0.130 e. The molecule has 0 bridgehead atoms. The van der Waals surface area contributed by atoms with Gasteiger partial charge in [0.15, 0.2) is 0 Å². The van der Waals surface area contributed by atoms with Crippen LogP contribution in [0.2, 0.25) is 0 Å². The second-order valence-corrected chi connectivity index (χ2v) is 5.48. The van der Waals surface area contributed by atoms with Gasteiger partial charge in [0.05, 0.1) is 24.1 Å². The van der Waals surface area contributed by atoms with E-state index in [2.05, 4.69) is 31.6 Å². The van der Waals surface area contributed by atoms with Gasteiger partial charge in [-0.3, -0.25) is 9.89 Å². The van der Waals surface area contributed by atoms with Crippen molar-refractivity contribution in [2.24, 2.45) is 16.8 Å². The Morgan fingerprint density at radius 1 is 1.53 bits per heavy atom. The predicted octanol–water partition coefficient (Wildman–Crippen LogP) is 1.28. The SMILES string of the molecule is C=NC(CC(C)C)C(O)N1CC(C#N)C(OCC)C1. The summed E-state index contributed by atoms with van der Waals surface area (Å²) in [7, 11) is 0. The molecule has 1 N–H and O–H groups in total. The van der Waals surface area contributed by atoms with E-state index in [9.17, 15) is 5.11 Å². The Bertz CT molecular complexity index is 327. The molecule has 19 heavy (non-hydrogen) atoms. The molecule has 4 unspecified atom stereocenters. The Hall–Kier alpha value is -0.960. The van der Waals surface area contributed by atoms with E-state index in [1.54, 1.807) is 0 Å². The Labute approximate surface area is 115 Å². The molecule has 1 saturated heterocycles. The molecule has 0 aromatic heterocycles. The first-order chi connectivity index (χ1) is 9.03. The van der Waals surface area contributed by atoms with Crippen molar-refractivity contribution in [3.05, 3.63) is 0 Å². The molecule has 1 fully saturated rings. The van der Waals surface area contributed by atoms with E-state index >= 15 is 0 Å². The number of likely N-dealkylation sites (tertiary alicyclic amines) is 1. The van der Waals surface area contributed by atoms with Crippen LogP contribution in [-0.2, 0) is 4.74 Å². The van der Waals surface area contributed by atoms with Gasteiger partial charge in [-0.2, -0.15) is 5.26 Å². The van der Waals surface area contributed by atoms with E-state index in [-0.39, 0.29) is 18.1 Å². The lowest BCUT2D eigenvalue weighted by Crippen LogP contribution is -2.42. The van der Waals surface area contributed by atoms with E-state index in [1.807, 2.05) is 11.8 Å². The number of rotatable bonds is 7. The second kappa shape index (κ2) is 7.59. The molecule has 4 atom stereocenters. The van der Waals surface area contributed by atoms with E-state index in [1.165, 1.54) is 0 Å². The van der Waals surface area contributed by atoms with E-state index < -0.39 is 6.23 Å². The van der Waals surface area contributed by atoms with E-state index in [0.717, 1.165) is 6.42 Å². The van der Waals surface area contributed by atoms with Crippen molar-refractivity contribution in [3.63, 3.8) is 0 Å². The topological polar surface area (TPSA) is 68.9 Å². The van der Waals surface area contributed by atoms with Gasteiger partial charge in [-0.1, -0.05) is 13.8 Å². The third-order valence-electron chi connectivity index (χ3n) is 3.51. The van der Waals surface area contributed by atoms with Crippen LogP contribution < -0.4 is 0 Å². The summed E-state index contributed by atoms with van der Waals surface area (Å²) in [6, 6.07) is 2.05. The van der Waals surface area contributed by atoms with Crippen LogP contribution in [0.5, 0.6) is 0 Å². The Morgan fingerprint density at radius 3 is 2.68 bits per heavy atom. The molecule has 0 radical (unpaired) electrons. The van der Waals surface area contributed by atoms with Gasteiger partial charge in [-0.15, -0.1) is 0 Å². The fourth-order valence-electron chi connectivity index (χ4n) is 2.54. The van der Waals surface area contributed by atoms with Crippen LogP contribution in [0.1, 0.15) is 27.2 Å². The van der Waals surface area contributed by atoms with Crippen molar-refractivity contribution < 1.29 is 9.84 Å². The predicted molar refractivity (Wildman–Crippen MR) is 74.9 cm³/mol. The molecule has 5 nitrogen and oxygen atoms in total. The fraction of sp³-hybridized carbons (Fsp3) is 0.857. The minimum absolute atomic E-state index is 0.117. The normalized spacial score (nSPS) is 27.2. The highest BCUT2D eigenvalue weighted by atomic mass is 16.5. The third kappa shape index (κ3) is 4.27. The second-order valence-electron chi connectivity index (χ2n) is 5.48. The molecule has 0 aromatic rings. The van der Waals surface area contributed by atoms with Crippen LogP contribution in [0.4, 0.5) is 0 Å². The van der Waals surface area contributed by atoms with Crippen LogP contribution in [0.15, 0.2) is 4.99 Å². The molecule has 0 aromatic carbocycles. The minimum Gasteiger partial charge on any atom is -0.376 e. The highest BCUT2D eigenvalue weighted by Gasteiger charge is 2.38. The number of aliphatic imine (C=N–C) groups is 1. The first-order valence-electron chi connectivity index (χ1n) is 6.92. The number of hydrogen-bond donors (Lipinski definition) is 1. The Kier molecular flexibility index (Phi) is 6.43. The lowest BCUT2D eigenvalue weighted by Gasteiger charge is -2.28.